The van der Waals surface area contributed by atoms with E-state index in [4.69, 9.17) is 4.74 Å². The summed E-state index contributed by atoms with van der Waals surface area (Å²) in [5.74, 6) is 0.983. The van der Waals surface area contributed by atoms with Crippen molar-refractivity contribution >= 4 is 15.9 Å². The molecule has 0 unspecified atom stereocenters. The number of hydrogen-bond acceptors (Lipinski definition) is 1. The summed E-state index contributed by atoms with van der Waals surface area (Å²) in [5, 5.41) is 2.33. The van der Waals surface area contributed by atoms with Crippen molar-refractivity contribution in [1.82, 2.24) is 0 Å². The number of quaternary nitrogens is 1. The second kappa shape index (κ2) is 7.31. The molecule has 0 amide bonds. The van der Waals surface area contributed by atoms with Crippen molar-refractivity contribution in [2.45, 2.75) is 13.0 Å². The molecule has 0 saturated heterocycles. The Labute approximate surface area is 122 Å². The molecule has 3 heteroatoms. The molecule has 0 spiro atoms. The number of nitrogens with two attached hydrogens (primary N) is 1. The van der Waals surface area contributed by atoms with E-state index < -0.39 is 0 Å². The number of methoxy groups -OCH3 is 1. The summed E-state index contributed by atoms with van der Waals surface area (Å²) in [6.07, 6.45) is 1.02. The Morgan fingerprint density at radius 3 is 2.42 bits per heavy atom. The van der Waals surface area contributed by atoms with Crippen molar-refractivity contribution in [2.75, 3.05) is 13.7 Å². The molecule has 2 aromatic carbocycles. The van der Waals surface area contributed by atoms with Gasteiger partial charge in [-0.3, -0.25) is 0 Å². The molecule has 2 rings (SSSR count). The van der Waals surface area contributed by atoms with Gasteiger partial charge in [0.2, 0.25) is 0 Å². The van der Waals surface area contributed by atoms with Crippen LogP contribution in [0.25, 0.3) is 0 Å². The first-order valence-corrected chi connectivity index (χ1v) is 7.27. The number of ether oxygens (including phenoxy) is 1. The maximum atomic E-state index is 5.36. The molecule has 0 aliphatic carbocycles. The fourth-order valence-electron chi connectivity index (χ4n) is 2.09. The summed E-state index contributed by atoms with van der Waals surface area (Å²) in [7, 11) is 1.73. The lowest BCUT2D eigenvalue weighted by Gasteiger charge is -2.08. The van der Waals surface area contributed by atoms with Gasteiger partial charge >= 0.3 is 0 Å². The highest BCUT2D eigenvalue weighted by Gasteiger charge is 2.04. The van der Waals surface area contributed by atoms with Gasteiger partial charge in [-0.25, -0.2) is 0 Å². The van der Waals surface area contributed by atoms with Gasteiger partial charge in [-0.15, -0.1) is 0 Å². The monoisotopic (exact) mass is 320 g/mol. The molecule has 19 heavy (non-hydrogen) atoms. The van der Waals surface area contributed by atoms with Gasteiger partial charge in [-0.05, 0) is 17.7 Å². The number of para-hydroxylation sites is 1. The third-order valence-electron chi connectivity index (χ3n) is 3.13. The summed E-state index contributed by atoms with van der Waals surface area (Å²) < 4.78 is 6.54. The predicted molar refractivity (Wildman–Crippen MR) is 81.3 cm³/mol. The van der Waals surface area contributed by atoms with Crippen molar-refractivity contribution in [1.29, 1.82) is 0 Å². The van der Waals surface area contributed by atoms with Gasteiger partial charge in [0.25, 0.3) is 0 Å². The van der Waals surface area contributed by atoms with E-state index >= 15 is 0 Å². The smallest absolute Gasteiger partial charge is 0.122 e. The van der Waals surface area contributed by atoms with Crippen molar-refractivity contribution in [3.05, 3.63) is 64.1 Å². The Hall–Kier alpha value is -1.32. The summed E-state index contributed by atoms with van der Waals surface area (Å²) in [5.41, 5.74) is 2.61. The molecule has 0 aliphatic rings. The third kappa shape index (κ3) is 4.08. The van der Waals surface area contributed by atoms with Gasteiger partial charge in [0.05, 0.1) is 13.7 Å². The number of benzene rings is 2. The van der Waals surface area contributed by atoms with Crippen molar-refractivity contribution in [2.24, 2.45) is 0 Å². The number of rotatable bonds is 6. The van der Waals surface area contributed by atoms with E-state index in [1.54, 1.807) is 7.11 Å². The van der Waals surface area contributed by atoms with Crippen LogP contribution in [0.15, 0.2) is 53.0 Å². The van der Waals surface area contributed by atoms with Crippen LogP contribution in [-0.4, -0.2) is 13.7 Å². The van der Waals surface area contributed by atoms with Crippen molar-refractivity contribution in [3.8, 4) is 5.75 Å². The number of hydrogen-bond donors (Lipinski definition) is 1. The lowest BCUT2D eigenvalue weighted by atomic mass is 10.1. The Kier molecular flexibility index (Phi) is 5.43. The average Bonchev–Trinajstić information content (AvgIpc) is 2.45. The average molecular weight is 321 g/mol. The zero-order valence-corrected chi connectivity index (χ0v) is 12.7. The van der Waals surface area contributed by atoms with Gasteiger partial charge in [0.15, 0.2) is 0 Å². The summed E-state index contributed by atoms with van der Waals surface area (Å²) in [6.45, 7) is 2.05. The Balaban J connectivity index is 1.83. The molecule has 0 aromatic heterocycles. The SMILES string of the molecule is COc1ccccc1CC[NH2+]Cc1ccccc1Br. The molecule has 0 atom stereocenters. The highest BCUT2D eigenvalue weighted by Crippen LogP contribution is 2.17. The minimum Gasteiger partial charge on any atom is -0.496 e. The van der Waals surface area contributed by atoms with E-state index in [2.05, 4.69) is 51.6 Å². The minimum absolute atomic E-state index is 0.983. The Morgan fingerprint density at radius 1 is 1.00 bits per heavy atom. The zero-order valence-electron chi connectivity index (χ0n) is 11.1. The van der Waals surface area contributed by atoms with Crippen LogP contribution >= 0.6 is 15.9 Å². The van der Waals surface area contributed by atoms with Crippen molar-refractivity contribution in [3.63, 3.8) is 0 Å². The first-order valence-electron chi connectivity index (χ1n) is 6.48. The highest BCUT2D eigenvalue weighted by atomic mass is 79.9. The zero-order chi connectivity index (χ0) is 13.5. The van der Waals surface area contributed by atoms with Gasteiger partial charge < -0.3 is 10.1 Å². The lowest BCUT2D eigenvalue weighted by Crippen LogP contribution is -2.83. The molecule has 100 valence electrons. The van der Waals surface area contributed by atoms with Crippen LogP contribution in [0.3, 0.4) is 0 Å². The van der Waals surface area contributed by atoms with Gasteiger partial charge in [-0.2, -0.15) is 0 Å². The quantitative estimate of drug-likeness (QED) is 0.814. The molecule has 0 heterocycles. The largest absolute Gasteiger partial charge is 0.496 e. The van der Waals surface area contributed by atoms with Crippen LogP contribution in [0, 0.1) is 0 Å². The molecule has 0 saturated carbocycles. The van der Waals surface area contributed by atoms with Crippen LogP contribution < -0.4 is 10.1 Å². The molecule has 2 N–H and O–H groups in total. The maximum absolute atomic E-state index is 5.36. The maximum Gasteiger partial charge on any atom is 0.122 e. The van der Waals surface area contributed by atoms with Crippen LogP contribution in [0.4, 0.5) is 0 Å². The fourth-order valence-corrected chi connectivity index (χ4v) is 2.54. The third-order valence-corrected chi connectivity index (χ3v) is 3.91. The second-order valence-corrected chi connectivity index (χ2v) is 5.29. The standard InChI is InChI=1S/C16H18BrNO/c1-19-16-9-5-3-6-13(16)10-11-18-12-14-7-2-4-8-15(14)17/h2-9,18H,10-12H2,1H3/p+1. The minimum atomic E-state index is 0.983. The van der Waals surface area contributed by atoms with Crippen LogP contribution in [0.1, 0.15) is 11.1 Å². The molecule has 2 nitrogen and oxygen atoms in total. The summed E-state index contributed by atoms with van der Waals surface area (Å²) in [4.78, 5) is 0. The first-order chi connectivity index (χ1) is 9.31. The van der Waals surface area contributed by atoms with Crippen LogP contribution in [-0.2, 0) is 13.0 Å². The molecular weight excluding hydrogens is 302 g/mol. The molecule has 2 aromatic rings. The summed E-state index contributed by atoms with van der Waals surface area (Å²) in [6, 6.07) is 16.6. The molecule has 0 fully saturated rings. The van der Waals surface area contributed by atoms with E-state index in [0.717, 1.165) is 25.3 Å². The van der Waals surface area contributed by atoms with E-state index in [1.165, 1.54) is 15.6 Å². The molecular formula is C16H19BrNO+. The van der Waals surface area contributed by atoms with Crippen LogP contribution in [0.2, 0.25) is 0 Å². The van der Waals surface area contributed by atoms with E-state index in [0.29, 0.717) is 0 Å². The highest BCUT2D eigenvalue weighted by molar-refractivity contribution is 9.10. The fraction of sp³-hybridized carbons (Fsp3) is 0.250. The van der Waals surface area contributed by atoms with Crippen molar-refractivity contribution < 1.29 is 10.1 Å². The lowest BCUT2D eigenvalue weighted by molar-refractivity contribution is -0.670. The Morgan fingerprint density at radius 2 is 1.68 bits per heavy atom. The second-order valence-electron chi connectivity index (χ2n) is 4.43. The topological polar surface area (TPSA) is 25.8 Å². The molecule has 0 bridgehead atoms. The normalized spacial score (nSPS) is 10.4. The summed E-state index contributed by atoms with van der Waals surface area (Å²) >= 11 is 3.58. The van der Waals surface area contributed by atoms with Gasteiger partial charge in [0, 0.05) is 16.5 Å². The van der Waals surface area contributed by atoms with E-state index in [1.807, 2.05) is 18.2 Å². The van der Waals surface area contributed by atoms with Crippen LogP contribution in [0.5, 0.6) is 5.75 Å². The predicted octanol–water partition coefficient (Wildman–Crippen LogP) is 2.76. The first kappa shape index (κ1) is 14.1. The van der Waals surface area contributed by atoms with Gasteiger partial charge in [-0.1, -0.05) is 52.3 Å². The van der Waals surface area contributed by atoms with E-state index in [-0.39, 0.29) is 0 Å². The molecule has 0 aliphatic heterocycles. The van der Waals surface area contributed by atoms with Gasteiger partial charge in [0.1, 0.15) is 12.3 Å². The van der Waals surface area contributed by atoms with E-state index in [9.17, 15) is 0 Å². The Bertz CT molecular complexity index is 528. The molecule has 0 radical (unpaired) electrons. The number of halogens is 1.